The molecule has 1 fully saturated rings. The molecule has 33 heavy (non-hydrogen) atoms. The molecule has 2 atom stereocenters. The number of carbonyl (C=O) groups excluding carboxylic acids is 2. The summed E-state index contributed by atoms with van der Waals surface area (Å²) >= 11 is 7.61. The Morgan fingerprint density at radius 2 is 1.79 bits per heavy atom. The van der Waals surface area contributed by atoms with Crippen molar-refractivity contribution in [2.75, 3.05) is 6.54 Å². The average Bonchev–Trinajstić information content (AvgIpc) is 3.55. The van der Waals surface area contributed by atoms with Gasteiger partial charge in [0.1, 0.15) is 0 Å². The second kappa shape index (κ2) is 9.70. The van der Waals surface area contributed by atoms with Crippen LogP contribution in [-0.2, 0) is 11.2 Å². The van der Waals surface area contributed by atoms with Crippen LogP contribution in [0.3, 0.4) is 0 Å². The van der Waals surface area contributed by atoms with Gasteiger partial charge < -0.3 is 10.2 Å². The van der Waals surface area contributed by atoms with Crippen LogP contribution in [0.2, 0.25) is 5.02 Å². The van der Waals surface area contributed by atoms with E-state index in [9.17, 15) is 9.59 Å². The Morgan fingerprint density at radius 3 is 2.52 bits per heavy atom. The Balaban J connectivity index is 1.46. The fourth-order valence-electron chi connectivity index (χ4n) is 5.27. The van der Waals surface area contributed by atoms with Crippen molar-refractivity contribution in [2.45, 2.75) is 50.1 Å². The van der Waals surface area contributed by atoms with Crippen molar-refractivity contribution >= 4 is 34.8 Å². The van der Waals surface area contributed by atoms with Gasteiger partial charge in [0, 0.05) is 28.0 Å². The van der Waals surface area contributed by atoms with Gasteiger partial charge in [-0.2, -0.15) is 0 Å². The number of thiophene rings is 1. The average molecular weight is 479 g/mol. The smallest absolute Gasteiger partial charge is 0.254 e. The molecule has 2 amide bonds. The van der Waals surface area contributed by atoms with Crippen molar-refractivity contribution in [2.24, 2.45) is 0 Å². The molecule has 2 aromatic carbocycles. The van der Waals surface area contributed by atoms with E-state index in [0.717, 1.165) is 48.1 Å². The summed E-state index contributed by atoms with van der Waals surface area (Å²) in [5.74, 6) is -0.394. The SMILES string of the molecule is O=C(NCCc1ccc(Cl)cc1)C1c2ccccc2C(=O)N(C2CCCC2)C1c1cccs1. The number of carbonyl (C=O) groups is 2. The Morgan fingerprint density at radius 1 is 1.03 bits per heavy atom. The van der Waals surface area contributed by atoms with Crippen molar-refractivity contribution in [1.29, 1.82) is 0 Å². The maximum atomic E-state index is 13.7. The van der Waals surface area contributed by atoms with E-state index in [1.54, 1.807) is 11.3 Å². The number of nitrogens with zero attached hydrogens (tertiary/aromatic N) is 1. The first kappa shape index (κ1) is 22.2. The second-order valence-corrected chi connectivity index (χ2v) is 10.3. The molecule has 2 unspecified atom stereocenters. The van der Waals surface area contributed by atoms with Crippen molar-refractivity contribution in [3.8, 4) is 0 Å². The van der Waals surface area contributed by atoms with Crippen molar-refractivity contribution in [3.63, 3.8) is 0 Å². The van der Waals surface area contributed by atoms with Gasteiger partial charge in [-0.25, -0.2) is 0 Å². The van der Waals surface area contributed by atoms with E-state index < -0.39 is 5.92 Å². The summed E-state index contributed by atoms with van der Waals surface area (Å²) in [5.41, 5.74) is 2.62. The van der Waals surface area contributed by atoms with Crippen LogP contribution in [0, 0.1) is 0 Å². The van der Waals surface area contributed by atoms with Gasteiger partial charge in [0.05, 0.1) is 12.0 Å². The first-order chi connectivity index (χ1) is 16.1. The van der Waals surface area contributed by atoms with Crippen LogP contribution in [0.1, 0.15) is 64.0 Å². The van der Waals surface area contributed by atoms with Gasteiger partial charge in [-0.15, -0.1) is 11.3 Å². The van der Waals surface area contributed by atoms with Crippen molar-refractivity contribution < 1.29 is 9.59 Å². The monoisotopic (exact) mass is 478 g/mol. The molecule has 1 aromatic heterocycles. The Bertz CT molecular complexity index is 1120. The van der Waals surface area contributed by atoms with Gasteiger partial charge in [0.15, 0.2) is 0 Å². The minimum Gasteiger partial charge on any atom is -0.355 e. The van der Waals surface area contributed by atoms with Crippen LogP contribution in [0.5, 0.6) is 0 Å². The lowest BCUT2D eigenvalue weighted by molar-refractivity contribution is -0.124. The highest BCUT2D eigenvalue weighted by molar-refractivity contribution is 7.10. The molecule has 2 heterocycles. The quantitative estimate of drug-likeness (QED) is 0.473. The van der Waals surface area contributed by atoms with E-state index in [2.05, 4.69) is 11.4 Å². The highest BCUT2D eigenvalue weighted by Gasteiger charge is 2.47. The highest BCUT2D eigenvalue weighted by Crippen LogP contribution is 2.47. The first-order valence-electron chi connectivity index (χ1n) is 11.6. The summed E-state index contributed by atoms with van der Waals surface area (Å²) in [6.07, 6.45) is 4.99. The third-order valence-electron chi connectivity index (χ3n) is 6.84. The number of hydrogen-bond donors (Lipinski definition) is 1. The molecule has 3 aromatic rings. The summed E-state index contributed by atoms with van der Waals surface area (Å²) in [6, 6.07) is 19.3. The lowest BCUT2D eigenvalue weighted by Crippen LogP contribution is -2.50. The summed E-state index contributed by atoms with van der Waals surface area (Å²) in [5, 5.41) is 5.91. The Hall–Kier alpha value is -2.63. The molecule has 1 aliphatic carbocycles. The van der Waals surface area contributed by atoms with E-state index in [1.165, 1.54) is 0 Å². The standard InChI is InChI=1S/C27H27ClN2O2S/c28-19-13-11-18(12-14-19)15-16-29-26(31)24-21-8-3-4-9-22(21)27(32)30(20-6-1-2-7-20)25(24)23-10-5-17-33-23/h3-5,8-14,17,20,24-25H,1-2,6-7,15-16H2,(H,29,31). The van der Waals surface area contributed by atoms with E-state index in [-0.39, 0.29) is 23.9 Å². The third kappa shape index (κ3) is 4.44. The fourth-order valence-corrected chi connectivity index (χ4v) is 6.26. The van der Waals surface area contributed by atoms with Crippen molar-refractivity contribution in [3.05, 3.63) is 92.6 Å². The lowest BCUT2D eigenvalue weighted by Gasteiger charge is -2.44. The van der Waals surface area contributed by atoms with E-state index >= 15 is 0 Å². The minimum atomic E-state index is -0.427. The summed E-state index contributed by atoms with van der Waals surface area (Å²) in [7, 11) is 0. The molecule has 1 N–H and O–H groups in total. The highest BCUT2D eigenvalue weighted by atomic mass is 35.5. The van der Waals surface area contributed by atoms with Crippen LogP contribution < -0.4 is 5.32 Å². The Labute approximate surface area is 203 Å². The second-order valence-electron chi connectivity index (χ2n) is 8.84. The normalized spacial score (nSPS) is 20.6. The van der Waals surface area contributed by atoms with E-state index in [4.69, 9.17) is 11.6 Å². The predicted molar refractivity (Wildman–Crippen MR) is 133 cm³/mol. The molecule has 170 valence electrons. The van der Waals surface area contributed by atoms with Crippen LogP contribution in [0.4, 0.5) is 0 Å². The molecular formula is C27H27ClN2O2S. The number of amides is 2. The fraction of sp³-hybridized carbons (Fsp3) is 0.333. The number of rotatable bonds is 6. The molecule has 0 bridgehead atoms. The molecule has 2 aliphatic rings. The summed E-state index contributed by atoms with van der Waals surface area (Å²) in [4.78, 5) is 30.5. The molecule has 6 heteroatoms. The molecular weight excluding hydrogens is 452 g/mol. The molecule has 0 radical (unpaired) electrons. The molecule has 1 saturated carbocycles. The molecule has 0 spiro atoms. The number of benzene rings is 2. The molecule has 1 aliphatic heterocycles. The zero-order valence-electron chi connectivity index (χ0n) is 18.4. The third-order valence-corrected chi connectivity index (χ3v) is 8.03. The van der Waals surface area contributed by atoms with E-state index in [1.807, 2.05) is 64.9 Å². The topological polar surface area (TPSA) is 49.4 Å². The maximum Gasteiger partial charge on any atom is 0.254 e. The van der Waals surface area contributed by atoms with E-state index in [0.29, 0.717) is 17.1 Å². The lowest BCUT2D eigenvalue weighted by atomic mass is 9.80. The molecule has 4 nitrogen and oxygen atoms in total. The van der Waals surface area contributed by atoms with Gasteiger partial charge in [-0.1, -0.05) is 60.8 Å². The number of halogens is 1. The van der Waals surface area contributed by atoms with Crippen molar-refractivity contribution in [1.82, 2.24) is 10.2 Å². The van der Waals surface area contributed by atoms with Gasteiger partial charge >= 0.3 is 0 Å². The largest absolute Gasteiger partial charge is 0.355 e. The first-order valence-corrected chi connectivity index (χ1v) is 12.9. The van der Waals surface area contributed by atoms with Crippen LogP contribution in [0.25, 0.3) is 0 Å². The predicted octanol–water partition coefficient (Wildman–Crippen LogP) is 5.98. The summed E-state index contributed by atoms with van der Waals surface area (Å²) in [6.45, 7) is 0.535. The van der Waals surface area contributed by atoms with Gasteiger partial charge in [0.2, 0.25) is 5.91 Å². The minimum absolute atomic E-state index is 0.0229. The van der Waals surface area contributed by atoms with Gasteiger partial charge in [0.25, 0.3) is 5.91 Å². The van der Waals surface area contributed by atoms with Crippen LogP contribution in [-0.4, -0.2) is 29.3 Å². The molecule has 5 rings (SSSR count). The van der Waals surface area contributed by atoms with Gasteiger partial charge in [-0.3, -0.25) is 9.59 Å². The zero-order chi connectivity index (χ0) is 22.8. The Kier molecular flexibility index (Phi) is 6.52. The number of fused-ring (bicyclic) bond motifs is 1. The van der Waals surface area contributed by atoms with Crippen LogP contribution >= 0.6 is 22.9 Å². The zero-order valence-corrected chi connectivity index (χ0v) is 19.9. The van der Waals surface area contributed by atoms with Crippen LogP contribution in [0.15, 0.2) is 66.0 Å². The van der Waals surface area contributed by atoms with Gasteiger partial charge in [-0.05, 0) is 60.0 Å². The maximum absolute atomic E-state index is 13.7. The summed E-state index contributed by atoms with van der Waals surface area (Å²) < 4.78 is 0. The molecule has 0 saturated heterocycles. The number of nitrogens with one attached hydrogen (secondary N) is 1. The number of hydrogen-bond acceptors (Lipinski definition) is 3.